The van der Waals surface area contributed by atoms with E-state index in [0.717, 1.165) is 25.8 Å². The van der Waals surface area contributed by atoms with Gasteiger partial charge in [-0.05, 0) is 49.4 Å². The van der Waals surface area contributed by atoms with Gasteiger partial charge in [0.25, 0.3) is 0 Å². The first kappa shape index (κ1) is 27.4. The van der Waals surface area contributed by atoms with Crippen molar-refractivity contribution in [3.63, 3.8) is 0 Å². The van der Waals surface area contributed by atoms with E-state index in [9.17, 15) is 13.9 Å². The molecular formula is C33H30F3N5O3. The summed E-state index contributed by atoms with van der Waals surface area (Å²) in [5.41, 5.74) is -0.527. The van der Waals surface area contributed by atoms with Gasteiger partial charge >= 0.3 is 6.01 Å². The highest BCUT2D eigenvalue weighted by molar-refractivity contribution is 6.03. The van der Waals surface area contributed by atoms with Gasteiger partial charge in [0.15, 0.2) is 5.82 Å². The Labute approximate surface area is 251 Å². The zero-order valence-electron chi connectivity index (χ0n) is 23.9. The van der Waals surface area contributed by atoms with Crippen LogP contribution in [-0.2, 0) is 4.74 Å². The largest absolute Gasteiger partial charge is 0.508 e. The first-order valence-corrected chi connectivity index (χ1v) is 15.0. The Balaban J connectivity index is 1.28. The number of pyridine rings is 1. The molecule has 44 heavy (non-hydrogen) atoms. The van der Waals surface area contributed by atoms with Crippen molar-refractivity contribution in [2.24, 2.45) is 5.92 Å². The lowest BCUT2D eigenvalue weighted by molar-refractivity contribution is 0.107. The lowest BCUT2D eigenvalue weighted by Gasteiger charge is -2.33. The van der Waals surface area contributed by atoms with Gasteiger partial charge in [0.05, 0.1) is 29.2 Å². The molecule has 2 aromatic carbocycles. The molecule has 4 fully saturated rings. The maximum atomic E-state index is 16.7. The molecular weight excluding hydrogens is 571 g/mol. The van der Waals surface area contributed by atoms with Crippen LogP contribution in [0.25, 0.3) is 32.9 Å². The van der Waals surface area contributed by atoms with E-state index in [4.69, 9.17) is 20.9 Å². The molecule has 11 heteroatoms. The van der Waals surface area contributed by atoms with Crippen LogP contribution in [0.3, 0.4) is 0 Å². The molecule has 8 nitrogen and oxygen atoms in total. The number of phenols is 1. The van der Waals surface area contributed by atoms with E-state index in [1.807, 2.05) is 0 Å². The molecule has 4 unspecified atom stereocenters. The Morgan fingerprint density at radius 2 is 2.07 bits per heavy atom. The van der Waals surface area contributed by atoms with Crippen LogP contribution in [0.5, 0.6) is 11.8 Å². The van der Waals surface area contributed by atoms with Crippen LogP contribution in [0.2, 0.25) is 0 Å². The maximum Gasteiger partial charge on any atom is 0.319 e. The number of alkyl halides is 1. The number of piperidine rings is 1. The van der Waals surface area contributed by atoms with Crippen molar-refractivity contribution in [2.75, 3.05) is 44.3 Å². The topological polar surface area (TPSA) is 83.8 Å². The summed E-state index contributed by atoms with van der Waals surface area (Å²) >= 11 is 0. The van der Waals surface area contributed by atoms with E-state index < -0.39 is 23.3 Å². The Bertz CT molecular complexity index is 1850. The Kier molecular flexibility index (Phi) is 6.36. The summed E-state index contributed by atoms with van der Waals surface area (Å²) in [7, 11) is 0. The number of rotatable bonds is 5. The number of aromatic hydroxyl groups is 1. The molecule has 0 aliphatic carbocycles. The highest BCUT2D eigenvalue weighted by Crippen LogP contribution is 2.42. The minimum Gasteiger partial charge on any atom is -0.508 e. The van der Waals surface area contributed by atoms with Gasteiger partial charge in [-0.2, -0.15) is 9.97 Å². The fourth-order valence-electron chi connectivity index (χ4n) is 7.75. The molecule has 0 spiro atoms. The van der Waals surface area contributed by atoms with Crippen LogP contribution in [-0.4, -0.2) is 82.2 Å². The van der Waals surface area contributed by atoms with E-state index in [2.05, 4.69) is 25.7 Å². The number of halogens is 3. The SMILES string of the molecule is C#Cc1c(F)ccc2cc(O)cc(-c3ncc4c(N5CC6COC(C6)C5)nc(OCC56CCCN5CC(F)C6)nc4c3F)c12. The second-order valence-electron chi connectivity index (χ2n) is 12.5. The van der Waals surface area contributed by atoms with Gasteiger partial charge in [-0.15, -0.1) is 6.42 Å². The molecule has 6 heterocycles. The number of anilines is 1. The number of fused-ring (bicyclic) bond motifs is 5. The van der Waals surface area contributed by atoms with Crippen molar-refractivity contribution in [3.8, 4) is 35.4 Å². The minimum atomic E-state index is -0.920. The fourth-order valence-corrected chi connectivity index (χ4v) is 7.75. The van der Waals surface area contributed by atoms with Crippen molar-refractivity contribution in [3.05, 3.63) is 47.7 Å². The van der Waals surface area contributed by atoms with Crippen molar-refractivity contribution in [1.82, 2.24) is 19.9 Å². The number of hydrogen-bond acceptors (Lipinski definition) is 8. The average molecular weight is 602 g/mol. The zero-order valence-corrected chi connectivity index (χ0v) is 23.9. The molecule has 226 valence electrons. The third-order valence-corrected chi connectivity index (χ3v) is 9.69. The molecule has 0 saturated carbocycles. The second kappa shape index (κ2) is 10.2. The summed E-state index contributed by atoms with van der Waals surface area (Å²) < 4.78 is 58.0. The van der Waals surface area contributed by atoms with Crippen LogP contribution in [0, 0.1) is 29.9 Å². The molecule has 4 aliphatic rings. The second-order valence-corrected chi connectivity index (χ2v) is 12.5. The number of aromatic nitrogens is 3. The molecule has 4 aliphatic heterocycles. The highest BCUT2D eigenvalue weighted by Gasteiger charge is 2.49. The quantitative estimate of drug-likeness (QED) is 0.321. The molecule has 0 radical (unpaired) electrons. The monoisotopic (exact) mass is 601 g/mol. The van der Waals surface area contributed by atoms with Gasteiger partial charge in [-0.1, -0.05) is 12.0 Å². The summed E-state index contributed by atoms with van der Waals surface area (Å²) in [4.78, 5) is 18.0. The lowest BCUT2D eigenvalue weighted by atomic mass is 9.95. The van der Waals surface area contributed by atoms with Gasteiger partial charge in [-0.25, -0.2) is 13.2 Å². The highest BCUT2D eigenvalue weighted by atomic mass is 19.1. The number of hydrogen-bond donors (Lipinski definition) is 1. The van der Waals surface area contributed by atoms with Crippen LogP contribution in [0.4, 0.5) is 19.0 Å². The van der Waals surface area contributed by atoms with Crippen molar-refractivity contribution in [2.45, 2.75) is 43.5 Å². The number of nitrogens with zero attached hydrogens (tertiary/aromatic N) is 5. The first-order valence-electron chi connectivity index (χ1n) is 15.0. The van der Waals surface area contributed by atoms with Crippen LogP contribution < -0.4 is 9.64 Å². The summed E-state index contributed by atoms with van der Waals surface area (Å²) in [6.45, 7) is 3.29. The molecule has 0 amide bonds. The number of benzene rings is 2. The molecule has 4 saturated heterocycles. The molecule has 8 rings (SSSR count). The van der Waals surface area contributed by atoms with Crippen LogP contribution in [0.1, 0.15) is 31.2 Å². The number of terminal acetylenes is 1. The summed E-state index contributed by atoms with van der Waals surface area (Å²) in [5, 5.41) is 11.6. The Morgan fingerprint density at radius 3 is 2.91 bits per heavy atom. The zero-order chi connectivity index (χ0) is 30.2. The van der Waals surface area contributed by atoms with E-state index in [1.54, 1.807) is 0 Å². The number of phenolic OH excluding ortho intramolecular Hbond substituents is 1. The van der Waals surface area contributed by atoms with E-state index in [0.29, 0.717) is 55.2 Å². The van der Waals surface area contributed by atoms with Crippen molar-refractivity contribution in [1.29, 1.82) is 0 Å². The predicted molar refractivity (Wildman–Crippen MR) is 158 cm³/mol. The molecule has 1 N–H and O–H groups in total. The van der Waals surface area contributed by atoms with Gasteiger partial charge < -0.3 is 19.5 Å². The van der Waals surface area contributed by atoms with Crippen molar-refractivity contribution < 1.29 is 27.8 Å². The fraction of sp³-hybridized carbons (Fsp3) is 0.424. The minimum absolute atomic E-state index is 0.0120. The smallest absolute Gasteiger partial charge is 0.319 e. The van der Waals surface area contributed by atoms with E-state index in [-0.39, 0.29) is 52.2 Å². The van der Waals surface area contributed by atoms with Gasteiger partial charge in [-0.3, -0.25) is 9.88 Å². The van der Waals surface area contributed by atoms with Gasteiger partial charge in [0.1, 0.15) is 41.4 Å². The summed E-state index contributed by atoms with van der Waals surface area (Å²) in [6, 6.07) is 5.43. The normalized spacial score (nSPS) is 26.4. The molecule has 2 aromatic heterocycles. The van der Waals surface area contributed by atoms with Crippen molar-refractivity contribution >= 4 is 27.5 Å². The molecule has 2 bridgehead atoms. The third-order valence-electron chi connectivity index (χ3n) is 9.69. The first-order chi connectivity index (χ1) is 21.3. The van der Waals surface area contributed by atoms with Crippen LogP contribution in [0.15, 0.2) is 30.5 Å². The molecule has 4 atom stereocenters. The standard InChI is InChI=1S/C33H30F3N5O3/c1-2-23-26(35)5-4-19-9-21(42)10-24(27(19)23)29-28(36)30-25(12-37-29)31(40-13-18-8-22(15-40)43-16-18)39-32(38-30)44-17-33-6-3-7-41(33)14-20(34)11-33/h1,4-5,9-10,12,18,20,22,42H,3,6-8,11,13-17H2. The Morgan fingerprint density at radius 1 is 1.18 bits per heavy atom. The Hall–Kier alpha value is -4.14. The lowest BCUT2D eigenvalue weighted by Crippen LogP contribution is -2.43. The maximum absolute atomic E-state index is 16.7. The summed E-state index contributed by atoms with van der Waals surface area (Å²) in [5.74, 6) is 1.59. The molecule has 4 aromatic rings. The van der Waals surface area contributed by atoms with Crippen LogP contribution >= 0.6 is 0 Å². The summed E-state index contributed by atoms with van der Waals surface area (Å²) in [6.07, 6.45) is 9.38. The number of ether oxygens (including phenoxy) is 2. The average Bonchev–Trinajstić information content (AvgIpc) is 3.66. The van der Waals surface area contributed by atoms with Gasteiger partial charge in [0, 0.05) is 49.1 Å². The van der Waals surface area contributed by atoms with Gasteiger partial charge in [0.2, 0.25) is 0 Å². The van der Waals surface area contributed by atoms with E-state index >= 15 is 4.39 Å². The predicted octanol–water partition coefficient (Wildman–Crippen LogP) is 4.99. The third kappa shape index (κ3) is 4.34. The van der Waals surface area contributed by atoms with E-state index in [1.165, 1.54) is 30.5 Å².